The van der Waals surface area contributed by atoms with E-state index >= 15 is 0 Å². The quantitative estimate of drug-likeness (QED) is 0.847. The predicted molar refractivity (Wildman–Crippen MR) is 74.7 cm³/mol. The van der Waals surface area contributed by atoms with Crippen molar-refractivity contribution in [3.05, 3.63) is 23.9 Å². The Kier molecular flexibility index (Phi) is 2.81. The number of carbonyl (C=O) groups is 2. The highest BCUT2D eigenvalue weighted by Crippen LogP contribution is 2.63. The van der Waals surface area contributed by atoms with Gasteiger partial charge in [0.25, 0.3) is 0 Å². The summed E-state index contributed by atoms with van der Waals surface area (Å²) in [5, 5.41) is 3.16. The van der Waals surface area contributed by atoms with E-state index in [0.29, 0.717) is 6.54 Å². The van der Waals surface area contributed by atoms with E-state index in [0.717, 1.165) is 17.9 Å². The molecule has 0 spiro atoms. The Balaban J connectivity index is 1.80. The van der Waals surface area contributed by atoms with Gasteiger partial charge in [0.1, 0.15) is 5.82 Å². The number of amides is 2. The summed E-state index contributed by atoms with van der Waals surface area (Å²) >= 11 is 0. The number of anilines is 1. The van der Waals surface area contributed by atoms with Gasteiger partial charge in [-0.05, 0) is 18.4 Å². The highest BCUT2D eigenvalue weighted by atomic mass is 16.2. The summed E-state index contributed by atoms with van der Waals surface area (Å²) in [5.41, 5.74) is 0.736. The Bertz CT molecular complexity index is 558. The topological polar surface area (TPSA) is 62.3 Å². The first-order valence-electron chi connectivity index (χ1n) is 7.01. The van der Waals surface area contributed by atoms with E-state index in [9.17, 15) is 9.59 Å². The Morgan fingerprint density at radius 1 is 1.30 bits per heavy atom. The first-order valence-corrected chi connectivity index (χ1v) is 7.01. The van der Waals surface area contributed by atoms with Crippen molar-refractivity contribution in [2.24, 2.45) is 17.3 Å². The second kappa shape index (κ2) is 4.30. The van der Waals surface area contributed by atoms with Crippen LogP contribution in [0.5, 0.6) is 0 Å². The second-order valence-electron chi connectivity index (χ2n) is 6.08. The Labute approximate surface area is 118 Å². The first-order chi connectivity index (χ1) is 9.48. The van der Waals surface area contributed by atoms with E-state index in [2.05, 4.69) is 10.3 Å². The van der Waals surface area contributed by atoms with Crippen molar-refractivity contribution < 1.29 is 9.59 Å². The van der Waals surface area contributed by atoms with Crippen molar-refractivity contribution in [3.8, 4) is 0 Å². The molecule has 1 saturated heterocycles. The number of nitrogens with zero attached hydrogens (tertiary/aromatic N) is 2. The van der Waals surface area contributed by atoms with Gasteiger partial charge < -0.3 is 5.32 Å². The summed E-state index contributed by atoms with van der Waals surface area (Å²) in [6.45, 7) is 7.04. The number of hydrogen-bond acceptors (Lipinski definition) is 4. The Hall–Kier alpha value is -1.91. The number of aromatic nitrogens is 1. The van der Waals surface area contributed by atoms with Crippen LogP contribution in [-0.4, -0.2) is 28.2 Å². The van der Waals surface area contributed by atoms with Crippen LogP contribution in [0.15, 0.2) is 18.3 Å². The lowest BCUT2D eigenvalue weighted by Gasteiger charge is -2.21. The van der Waals surface area contributed by atoms with Crippen LogP contribution in [0.2, 0.25) is 0 Å². The van der Waals surface area contributed by atoms with E-state index in [1.165, 1.54) is 4.90 Å². The van der Waals surface area contributed by atoms with Gasteiger partial charge in [-0.2, -0.15) is 0 Å². The summed E-state index contributed by atoms with van der Waals surface area (Å²) in [4.78, 5) is 30.3. The number of rotatable bonds is 4. The largest absolute Gasteiger partial charge is 0.370 e. The van der Waals surface area contributed by atoms with Gasteiger partial charge in [0.2, 0.25) is 11.8 Å². The summed E-state index contributed by atoms with van der Waals surface area (Å²) in [6.07, 6.45) is 1.70. The highest BCUT2D eigenvalue weighted by molar-refractivity contribution is 6.10. The summed E-state index contributed by atoms with van der Waals surface area (Å²) in [7, 11) is 0. The molecule has 0 radical (unpaired) electrons. The minimum atomic E-state index is -0.149. The average Bonchev–Trinajstić information content (AvgIpc) is 2.88. The van der Waals surface area contributed by atoms with Crippen LogP contribution in [0, 0.1) is 17.3 Å². The number of pyridine rings is 1. The molecule has 1 aliphatic heterocycles. The van der Waals surface area contributed by atoms with Crippen LogP contribution < -0.4 is 5.32 Å². The number of fused-ring (bicyclic) bond motifs is 1. The number of carbonyl (C=O) groups excluding carboxylic acids is 2. The van der Waals surface area contributed by atoms with Crippen LogP contribution in [-0.2, 0) is 16.1 Å². The van der Waals surface area contributed by atoms with Crippen molar-refractivity contribution >= 4 is 17.6 Å². The number of piperidine rings is 1. The number of imide groups is 1. The normalized spacial score (nSPS) is 26.6. The van der Waals surface area contributed by atoms with Crippen molar-refractivity contribution in [1.82, 2.24) is 9.88 Å². The van der Waals surface area contributed by atoms with Gasteiger partial charge in [-0.3, -0.25) is 14.5 Å². The van der Waals surface area contributed by atoms with Crippen LogP contribution in [0.1, 0.15) is 26.3 Å². The first kappa shape index (κ1) is 13.1. The molecule has 0 bridgehead atoms. The van der Waals surface area contributed by atoms with Crippen molar-refractivity contribution in [2.75, 3.05) is 11.9 Å². The summed E-state index contributed by atoms with van der Waals surface area (Å²) in [6, 6.07) is 3.73. The standard InChI is InChI=1S/C15H19N3O2/c1-4-16-12-9(6-5-7-17-12)8-18-13(19)10-11(14(18)20)15(10,2)3/h5-7,10-11H,4,8H2,1-3H3,(H,16,17). The molecule has 5 heteroatoms. The van der Waals surface area contributed by atoms with E-state index in [-0.39, 0.29) is 29.1 Å². The third-order valence-electron chi connectivity index (χ3n) is 4.46. The maximum atomic E-state index is 12.3. The zero-order valence-corrected chi connectivity index (χ0v) is 12.0. The van der Waals surface area contributed by atoms with E-state index in [4.69, 9.17) is 0 Å². The summed E-state index contributed by atoms with van der Waals surface area (Å²) < 4.78 is 0. The third-order valence-corrected chi connectivity index (χ3v) is 4.46. The van der Waals surface area contributed by atoms with Gasteiger partial charge in [0, 0.05) is 18.3 Å². The van der Waals surface area contributed by atoms with Gasteiger partial charge in [0.05, 0.1) is 18.4 Å². The lowest BCUT2D eigenvalue weighted by molar-refractivity contribution is -0.143. The fourth-order valence-corrected chi connectivity index (χ4v) is 3.22. The van der Waals surface area contributed by atoms with Gasteiger partial charge in [0.15, 0.2) is 0 Å². The van der Waals surface area contributed by atoms with Crippen molar-refractivity contribution in [2.45, 2.75) is 27.3 Å². The lowest BCUT2D eigenvalue weighted by atomic mass is 10.1. The highest BCUT2D eigenvalue weighted by Gasteiger charge is 2.72. The molecule has 2 atom stereocenters. The molecule has 1 aromatic rings. The number of hydrogen-bond donors (Lipinski definition) is 1. The number of likely N-dealkylation sites (tertiary alicyclic amines) is 1. The molecular formula is C15H19N3O2. The monoisotopic (exact) mass is 273 g/mol. The van der Waals surface area contributed by atoms with Crippen LogP contribution in [0.3, 0.4) is 0 Å². The smallest absolute Gasteiger partial charge is 0.233 e. The molecule has 1 N–H and O–H groups in total. The fourth-order valence-electron chi connectivity index (χ4n) is 3.22. The molecular weight excluding hydrogens is 254 g/mol. The van der Waals surface area contributed by atoms with Crippen LogP contribution in [0.25, 0.3) is 0 Å². The molecule has 1 saturated carbocycles. The maximum absolute atomic E-state index is 12.3. The van der Waals surface area contributed by atoms with E-state index < -0.39 is 0 Å². The predicted octanol–water partition coefficient (Wildman–Crippen LogP) is 1.65. The molecule has 2 fully saturated rings. The van der Waals surface area contributed by atoms with Gasteiger partial charge in [-0.15, -0.1) is 0 Å². The van der Waals surface area contributed by atoms with Crippen LogP contribution in [0.4, 0.5) is 5.82 Å². The SMILES string of the molecule is CCNc1ncccc1CN1C(=O)C2C(C1=O)C2(C)C. The zero-order chi connectivity index (χ0) is 14.5. The molecule has 1 aromatic heterocycles. The van der Waals surface area contributed by atoms with Crippen molar-refractivity contribution in [1.29, 1.82) is 0 Å². The Morgan fingerprint density at radius 3 is 2.55 bits per heavy atom. The van der Waals surface area contributed by atoms with Gasteiger partial charge >= 0.3 is 0 Å². The second-order valence-corrected chi connectivity index (χ2v) is 6.08. The zero-order valence-electron chi connectivity index (χ0n) is 12.0. The third kappa shape index (κ3) is 1.72. The lowest BCUT2D eigenvalue weighted by Crippen LogP contribution is -2.35. The maximum Gasteiger partial charge on any atom is 0.233 e. The molecule has 1 aliphatic carbocycles. The van der Waals surface area contributed by atoms with Crippen LogP contribution >= 0.6 is 0 Å². The molecule has 2 amide bonds. The Morgan fingerprint density at radius 2 is 1.95 bits per heavy atom. The minimum absolute atomic E-state index is 0.0312. The molecule has 5 nitrogen and oxygen atoms in total. The molecule has 106 valence electrons. The molecule has 2 unspecified atom stereocenters. The van der Waals surface area contributed by atoms with Crippen molar-refractivity contribution in [3.63, 3.8) is 0 Å². The molecule has 0 aromatic carbocycles. The van der Waals surface area contributed by atoms with E-state index in [1.54, 1.807) is 6.20 Å². The molecule has 20 heavy (non-hydrogen) atoms. The summed E-state index contributed by atoms with van der Waals surface area (Å²) in [5.74, 6) is 0.451. The fraction of sp³-hybridized carbons (Fsp3) is 0.533. The minimum Gasteiger partial charge on any atom is -0.370 e. The van der Waals surface area contributed by atoms with Gasteiger partial charge in [-0.25, -0.2) is 4.98 Å². The molecule has 2 aliphatic rings. The molecule has 2 heterocycles. The average molecular weight is 273 g/mol. The van der Waals surface area contributed by atoms with Gasteiger partial charge in [-0.1, -0.05) is 19.9 Å². The molecule has 3 rings (SSSR count). The number of nitrogens with one attached hydrogen (secondary N) is 1. The van der Waals surface area contributed by atoms with E-state index in [1.807, 2.05) is 32.9 Å².